The number of H-pyrrole nitrogens is 1. The van der Waals surface area contributed by atoms with Crippen molar-refractivity contribution >= 4 is 22.6 Å². The molecule has 0 fully saturated rings. The highest BCUT2D eigenvalue weighted by Crippen LogP contribution is 2.18. The van der Waals surface area contributed by atoms with E-state index in [1.165, 1.54) is 0 Å². The van der Waals surface area contributed by atoms with Crippen LogP contribution in [-0.2, 0) is 4.74 Å². The Balaban J connectivity index is 2.08. The van der Waals surface area contributed by atoms with Gasteiger partial charge in [0.2, 0.25) is 0 Å². The fourth-order valence-corrected chi connectivity index (χ4v) is 1.73. The van der Waals surface area contributed by atoms with Crippen molar-refractivity contribution < 1.29 is 9.53 Å². The van der Waals surface area contributed by atoms with E-state index >= 15 is 0 Å². The van der Waals surface area contributed by atoms with Gasteiger partial charge in [0, 0.05) is 16.6 Å². The number of anilines is 1. The molecular formula is C14H18N2O2. The van der Waals surface area contributed by atoms with Gasteiger partial charge >= 0.3 is 5.97 Å². The molecule has 1 heterocycles. The molecular weight excluding hydrogens is 228 g/mol. The van der Waals surface area contributed by atoms with Crippen molar-refractivity contribution in [2.45, 2.75) is 20.3 Å². The van der Waals surface area contributed by atoms with E-state index in [-0.39, 0.29) is 5.97 Å². The Kier molecular flexibility index (Phi) is 3.55. The second kappa shape index (κ2) is 5.12. The van der Waals surface area contributed by atoms with Crippen LogP contribution in [0, 0.1) is 5.92 Å². The van der Waals surface area contributed by atoms with E-state index in [4.69, 9.17) is 10.5 Å². The van der Waals surface area contributed by atoms with Crippen LogP contribution >= 0.6 is 0 Å². The lowest BCUT2D eigenvalue weighted by Crippen LogP contribution is -2.08. The number of rotatable bonds is 4. The number of nitrogens with one attached hydrogen (secondary N) is 1. The predicted molar refractivity (Wildman–Crippen MR) is 72.4 cm³/mol. The molecule has 0 radical (unpaired) electrons. The molecule has 0 atom stereocenters. The van der Waals surface area contributed by atoms with Crippen LogP contribution in [0.4, 0.5) is 5.69 Å². The first-order valence-electron chi connectivity index (χ1n) is 6.11. The average Bonchev–Trinajstić information content (AvgIpc) is 2.71. The van der Waals surface area contributed by atoms with Crippen LogP contribution in [-0.4, -0.2) is 17.6 Å². The zero-order chi connectivity index (χ0) is 13.1. The summed E-state index contributed by atoms with van der Waals surface area (Å²) < 4.78 is 5.20. The molecule has 0 bridgehead atoms. The zero-order valence-electron chi connectivity index (χ0n) is 10.7. The highest BCUT2D eigenvalue weighted by atomic mass is 16.5. The van der Waals surface area contributed by atoms with Crippen molar-refractivity contribution in [1.29, 1.82) is 0 Å². The number of hydrogen-bond donors (Lipinski definition) is 2. The number of carbonyl (C=O) groups is 1. The SMILES string of the molecule is CC(C)CCOC(=O)c1cc2cc(N)ccc2[nH]1. The maximum Gasteiger partial charge on any atom is 0.354 e. The molecule has 0 unspecified atom stereocenters. The molecule has 18 heavy (non-hydrogen) atoms. The summed E-state index contributed by atoms with van der Waals surface area (Å²) in [6.45, 7) is 4.65. The first-order chi connectivity index (χ1) is 8.56. The maximum absolute atomic E-state index is 11.8. The lowest BCUT2D eigenvalue weighted by molar-refractivity contribution is 0.0482. The van der Waals surface area contributed by atoms with Crippen molar-refractivity contribution in [3.63, 3.8) is 0 Å². The molecule has 1 aromatic heterocycles. The normalized spacial score (nSPS) is 11.1. The molecule has 4 heteroatoms. The van der Waals surface area contributed by atoms with Crippen LogP contribution in [0.5, 0.6) is 0 Å². The van der Waals surface area contributed by atoms with Gasteiger partial charge in [0.1, 0.15) is 5.69 Å². The summed E-state index contributed by atoms with van der Waals surface area (Å²) in [6, 6.07) is 7.25. The molecule has 3 N–H and O–H groups in total. The van der Waals surface area contributed by atoms with Gasteiger partial charge in [-0.2, -0.15) is 0 Å². The molecule has 96 valence electrons. The number of aromatic amines is 1. The van der Waals surface area contributed by atoms with E-state index in [2.05, 4.69) is 18.8 Å². The van der Waals surface area contributed by atoms with Crippen LogP contribution in [0.2, 0.25) is 0 Å². The van der Waals surface area contributed by atoms with Gasteiger partial charge in [-0.3, -0.25) is 0 Å². The van der Waals surface area contributed by atoms with Crippen LogP contribution in [0.1, 0.15) is 30.8 Å². The Morgan fingerprint density at radius 3 is 2.89 bits per heavy atom. The van der Waals surface area contributed by atoms with Crippen molar-refractivity contribution in [2.75, 3.05) is 12.3 Å². The van der Waals surface area contributed by atoms with Crippen LogP contribution in [0.3, 0.4) is 0 Å². The molecule has 0 aliphatic carbocycles. The molecule has 0 saturated heterocycles. The standard InChI is InChI=1S/C14H18N2O2/c1-9(2)5-6-18-14(17)13-8-10-7-11(15)3-4-12(10)16-13/h3-4,7-9,16H,5-6,15H2,1-2H3. The van der Waals surface area contributed by atoms with Crippen molar-refractivity contribution in [1.82, 2.24) is 4.98 Å². The third kappa shape index (κ3) is 2.83. The topological polar surface area (TPSA) is 68.1 Å². The smallest absolute Gasteiger partial charge is 0.354 e. The average molecular weight is 246 g/mol. The number of esters is 1. The lowest BCUT2D eigenvalue weighted by Gasteiger charge is -2.05. The van der Waals surface area contributed by atoms with Crippen molar-refractivity contribution in [3.05, 3.63) is 30.0 Å². The first-order valence-corrected chi connectivity index (χ1v) is 6.11. The fourth-order valence-electron chi connectivity index (χ4n) is 1.73. The molecule has 0 aliphatic rings. The van der Waals surface area contributed by atoms with E-state index in [0.717, 1.165) is 17.3 Å². The molecule has 0 aliphatic heterocycles. The second-order valence-corrected chi connectivity index (χ2v) is 4.85. The fraction of sp³-hybridized carbons (Fsp3) is 0.357. The van der Waals surface area contributed by atoms with Gasteiger partial charge < -0.3 is 15.5 Å². The predicted octanol–water partition coefficient (Wildman–Crippen LogP) is 2.95. The zero-order valence-corrected chi connectivity index (χ0v) is 10.7. The third-order valence-electron chi connectivity index (χ3n) is 2.79. The number of fused-ring (bicyclic) bond motifs is 1. The molecule has 1 aromatic carbocycles. The van der Waals surface area contributed by atoms with Crippen molar-refractivity contribution in [2.24, 2.45) is 5.92 Å². The third-order valence-corrected chi connectivity index (χ3v) is 2.79. The summed E-state index contributed by atoms with van der Waals surface area (Å²) in [5, 5.41) is 0.922. The molecule has 2 rings (SSSR count). The number of carbonyl (C=O) groups excluding carboxylic acids is 1. The molecule has 2 aromatic rings. The minimum atomic E-state index is -0.314. The van der Waals surface area contributed by atoms with Gasteiger partial charge in [-0.1, -0.05) is 13.8 Å². The largest absolute Gasteiger partial charge is 0.461 e. The van der Waals surface area contributed by atoms with Crippen molar-refractivity contribution in [3.8, 4) is 0 Å². The number of nitrogens with two attached hydrogens (primary N) is 1. The van der Waals surface area contributed by atoms with Gasteiger partial charge in [0.05, 0.1) is 6.61 Å². The second-order valence-electron chi connectivity index (χ2n) is 4.85. The van der Waals surface area contributed by atoms with E-state index in [9.17, 15) is 4.79 Å². The Labute approximate surface area is 106 Å². The molecule has 0 saturated carbocycles. The number of ether oxygens (including phenoxy) is 1. The van der Waals surface area contributed by atoms with Crippen LogP contribution < -0.4 is 5.73 Å². The summed E-state index contributed by atoms with van der Waals surface area (Å²) in [5.41, 5.74) is 7.73. The van der Waals surface area contributed by atoms with E-state index in [1.807, 2.05) is 12.1 Å². The maximum atomic E-state index is 11.8. The summed E-state index contributed by atoms with van der Waals surface area (Å²) >= 11 is 0. The molecule has 4 nitrogen and oxygen atoms in total. The summed E-state index contributed by atoms with van der Waals surface area (Å²) in [7, 11) is 0. The van der Waals surface area contributed by atoms with E-state index in [1.54, 1.807) is 12.1 Å². The van der Waals surface area contributed by atoms with Crippen LogP contribution in [0.25, 0.3) is 10.9 Å². The van der Waals surface area contributed by atoms with Crippen LogP contribution in [0.15, 0.2) is 24.3 Å². The minimum absolute atomic E-state index is 0.314. The highest BCUT2D eigenvalue weighted by molar-refractivity contribution is 5.95. The number of aromatic nitrogens is 1. The minimum Gasteiger partial charge on any atom is -0.461 e. The Morgan fingerprint density at radius 1 is 1.39 bits per heavy atom. The molecule has 0 amide bonds. The van der Waals surface area contributed by atoms with E-state index < -0.39 is 0 Å². The Bertz CT molecular complexity index is 558. The van der Waals surface area contributed by atoms with Gasteiger partial charge in [-0.05, 0) is 36.6 Å². The summed E-state index contributed by atoms with van der Waals surface area (Å²) in [5.74, 6) is 0.214. The quantitative estimate of drug-likeness (QED) is 0.643. The monoisotopic (exact) mass is 246 g/mol. The van der Waals surface area contributed by atoms with Gasteiger partial charge in [0.25, 0.3) is 0 Å². The van der Waals surface area contributed by atoms with E-state index in [0.29, 0.717) is 23.9 Å². The van der Waals surface area contributed by atoms with Gasteiger partial charge in [-0.25, -0.2) is 4.79 Å². The van der Waals surface area contributed by atoms with Gasteiger partial charge in [0.15, 0.2) is 0 Å². The number of benzene rings is 1. The number of hydrogen-bond acceptors (Lipinski definition) is 3. The van der Waals surface area contributed by atoms with Gasteiger partial charge in [-0.15, -0.1) is 0 Å². The Morgan fingerprint density at radius 2 is 2.17 bits per heavy atom. The molecule has 0 spiro atoms. The Hall–Kier alpha value is -1.97. The highest BCUT2D eigenvalue weighted by Gasteiger charge is 2.11. The lowest BCUT2D eigenvalue weighted by atomic mass is 10.1. The number of nitrogen functional groups attached to an aromatic ring is 1. The summed E-state index contributed by atoms with van der Waals surface area (Å²) in [4.78, 5) is 14.8. The first kappa shape index (κ1) is 12.5. The summed E-state index contributed by atoms with van der Waals surface area (Å²) in [6.07, 6.45) is 0.874.